The number of piperazine rings is 1. The van der Waals surface area contributed by atoms with E-state index in [1.807, 2.05) is 65.6 Å². The zero-order valence-electron chi connectivity index (χ0n) is 19.5. The van der Waals surface area contributed by atoms with Crippen LogP contribution < -0.4 is 10.2 Å². The van der Waals surface area contributed by atoms with Crippen molar-refractivity contribution in [1.29, 1.82) is 0 Å². The molecule has 1 fully saturated rings. The first-order valence-corrected chi connectivity index (χ1v) is 13.3. The van der Waals surface area contributed by atoms with E-state index >= 15 is 0 Å². The largest absolute Gasteiger partial charge is 0.366 e. The van der Waals surface area contributed by atoms with Crippen molar-refractivity contribution in [3.63, 3.8) is 0 Å². The normalized spacial score (nSPS) is 14.0. The van der Waals surface area contributed by atoms with Crippen LogP contribution in [0.5, 0.6) is 0 Å². The molecule has 1 atom stereocenters. The number of nitrogens with zero attached hydrogens (tertiary/aromatic N) is 3. The third-order valence-corrected chi connectivity index (χ3v) is 6.95. The van der Waals surface area contributed by atoms with E-state index in [0.717, 1.165) is 16.8 Å². The van der Waals surface area contributed by atoms with Crippen LogP contribution in [0, 0.1) is 0 Å². The molecule has 196 valence electrons. The van der Waals surface area contributed by atoms with Gasteiger partial charge in [-0.2, -0.15) is 8.42 Å². The van der Waals surface area contributed by atoms with Gasteiger partial charge in [-0.1, -0.05) is 67.0 Å². The summed E-state index contributed by atoms with van der Waals surface area (Å²) in [5.41, 5.74) is 3.19. The predicted octanol–water partition coefficient (Wildman–Crippen LogP) is 5.37. The molecule has 3 aromatic rings. The highest BCUT2D eigenvalue weighted by Gasteiger charge is 2.28. The van der Waals surface area contributed by atoms with Crippen LogP contribution in [0.2, 0.25) is 10.0 Å². The third-order valence-electron chi connectivity index (χ3n) is 6.10. The monoisotopic (exact) mass is 560 g/mol. The molecule has 1 heterocycles. The average Bonchev–Trinajstić information content (AvgIpc) is 2.88. The highest BCUT2D eigenvalue weighted by molar-refractivity contribution is 7.61. The second-order valence-electron chi connectivity index (χ2n) is 8.50. The van der Waals surface area contributed by atoms with Gasteiger partial charge in [-0.3, -0.25) is 4.79 Å². The van der Waals surface area contributed by atoms with Crippen LogP contribution >= 0.6 is 23.2 Å². The van der Waals surface area contributed by atoms with E-state index in [4.69, 9.17) is 23.2 Å². The number of rotatable bonds is 8. The summed E-state index contributed by atoms with van der Waals surface area (Å²) < 4.78 is 25.9. The van der Waals surface area contributed by atoms with E-state index in [-0.39, 0.29) is 13.3 Å². The highest BCUT2D eigenvalue weighted by Crippen LogP contribution is 2.29. The molecule has 0 radical (unpaired) electrons. The highest BCUT2D eigenvalue weighted by atomic mass is 35.5. The molecule has 10 heteroatoms. The van der Waals surface area contributed by atoms with Gasteiger partial charge in [-0.15, -0.1) is 4.36 Å². The van der Waals surface area contributed by atoms with Crippen molar-refractivity contribution in [2.75, 3.05) is 31.1 Å². The molecule has 1 aliphatic rings. The van der Waals surface area contributed by atoms with Crippen molar-refractivity contribution in [2.45, 2.75) is 26.4 Å². The van der Waals surface area contributed by atoms with Crippen LogP contribution in [-0.4, -0.2) is 51.4 Å². The number of anilines is 1. The molecule has 1 aliphatic heterocycles. The molecule has 1 saturated heterocycles. The number of benzene rings is 3. The Kier molecular flexibility index (Phi) is 10.5. The zero-order chi connectivity index (χ0) is 25.5. The zero-order valence-corrected chi connectivity index (χ0v) is 21.8. The number of carbonyl (C=O) groups excluding carboxylic acids is 1. The van der Waals surface area contributed by atoms with Crippen molar-refractivity contribution >= 4 is 51.0 Å². The second-order valence-corrected chi connectivity index (χ2v) is 9.99. The lowest BCUT2D eigenvalue weighted by molar-refractivity contribution is -0.133. The third kappa shape index (κ3) is 8.04. The standard InChI is InChI=1S/C26H26Cl2N4O3S.CH4/c27-21-9-5-19(6-10-21)17-24(29-18-20-7-11-22(28)12-8-20)26(33)32-15-13-31(14-16-32)25-4-2-1-3-23(25)30-36(34)35;/h1-12,24,29H,13-18H2;1H4. The molecule has 0 aliphatic carbocycles. The molecule has 1 N–H and O–H groups in total. The minimum Gasteiger partial charge on any atom is -0.366 e. The Labute approximate surface area is 229 Å². The van der Waals surface area contributed by atoms with E-state index in [1.165, 1.54) is 0 Å². The van der Waals surface area contributed by atoms with Crippen LogP contribution in [0.1, 0.15) is 18.6 Å². The Morgan fingerprint density at radius 2 is 1.43 bits per heavy atom. The van der Waals surface area contributed by atoms with E-state index in [0.29, 0.717) is 54.9 Å². The van der Waals surface area contributed by atoms with Gasteiger partial charge in [0.05, 0.1) is 11.7 Å². The Balaban J connectivity index is 0.00000380. The van der Waals surface area contributed by atoms with Gasteiger partial charge in [0.1, 0.15) is 5.69 Å². The second kappa shape index (κ2) is 13.6. The Morgan fingerprint density at radius 3 is 2.03 bits per heavy atom. The van der Waals surface area contributed by atoms with Gasteiger partial charge >= 0.3 is 10.5 Å². The Bertz CT molecular complexity index is 1320. The molecule has 37 heavy (non-hydrogen) atoms. The van der Waals surface area contributed by atoms with Crippen LogP contribution in [0.25, 0.3) is 0 Å². The SMILES string of the molecule is C.O=C(C(Cc1ccc(Cl)cc1)NCc1ccc(Cl)cc1)N1CCN(c2ccccc2N=S(=O)=O)CC1. The van der Waals surface area contributed by atoms with Crippen molar-refractivity contribution < 1.29 is 13.2 Å². The summed E-state index contributed by atoms with van der Waals surface area (Å²) in [7, 11) is -2.53. The number of para-hydroxylation sites is 1. The molecule has 0 bridgehead atoms. The molecule has 3 aromatic carbocycles. The first kappa shape index (κ1) is 28.7. The van der Waals surface area contributed by atoms with E-state index in [1.54, 1.807) is 12.1 Å². The summed E-state index contributed by atoms with van der Waals surface area (Å²) in [5, 5.41) is 4.75. The summed E-state index contributed by atoms with van der Waals surface area (Å²) in [6, 6.07) is 21.8. The maximum atomic E-state index is 13.6. The summed E-state index contributed by atoms with van der Waals surface area (Å²) in [4.78, 5) is 17.5. The fourth-order valence-corrected chi connectivity index (χ4v) is 4.79. The minimum atomic E-state index is -2.53. The first-order valence-electron chi connectivity index (χ1n) is 11.6. The number of nitrogens with one attached hydrogen (secondary N) is 1. The van der Waals surface area contributed by atoms with E-state index in [2.05, 4.69) is 14.6 Å². The summed E-state index contributed by atoms with van der Waals surface area (Å²) in [6.07, 6.45) is 0.529. The van der Waals surface area contributed by atoms with E-state index < -0.39 is 16.5 Å². The predicted molar refractivity (Wildman–Crippen MR) is 150 cm³/mol. The molecular formula is C27H30Cl2N4O3S. The summed E-state index contributed by atoms with van der Waals surface area (Å²) in [5.74, 6) is 0.0252. The summed E-state index contributed by atoms with van der Waals surface area (Å²) in [6.45, 7) is 2.73. The van der Waals surface area contributed by atoms with Crippen molar-refractivity contribution in [3.8, 4) is 0 Å². The molecular weight excluding hydrogens is 531 g/mol. The van der Waals surface area contributed by atoms with Crippen molar-refractivity contribution in [3.05, 3.63) is 94.0 Å². The molecule has 0 spiro atoms. The van der Waals surface area contributed by atoms with Gasteiger partial charge in [0.25, 0.3) is 0 Å². The van der Waals surface area contributed by atoms with E-state index in [9.17, 15) is 13.2 Å². The van der Waals surface area contributed by atoms with Gasteiger partial charge < -0.3 is 15.1 Å². The first-order chi connectivity index (χ1) is 17.4. The van der Waals surface area contributed by atoms with Crippen LogP contribution in [-0.2, 0) is 28.3 Å². The number of hydrogen-bond acceptors (Lipinski definition) is 6. The maximum absolute atomic E-state index is 13.6. The molecule has 1 unspecified atom stereocenters. The topological polar surface area (TPSA) is 82.1 Å². The van der Waals surface area contributed by atoms with Crippen LogP contribution in [0.4, 0.5) is 11.4 Å². The Morgan fingerprint density at radius 1 is 0.865 bits per heavy atom. The van der Waals surface area contributed by atoms with Gasteiger partial charge in [-0.05, 0) is 53.9 Å². The summed E-state index contributed by atoms with van der Waals surface area (Å²) >= 11 is 12.0. The van der Waals surface area contributed by atoms with Crippen molar-refractivity contribution in [1.82, 2.24) is 10.2 Å². The fraction of sp³-hybridized carbons (Fsp3) is 0.296. The lowest BCUT2D eigenvalue weighted by atomic mass is 10.0. The number of halogens is 2. The molecule has 7 nitrogen and oxygen atoms in total. The molecule has 1 amide bonds. The number of hydrogen-bond donors (Lipinski definition) is 1. The van der Waals surface area contributed by atoms with Gasteiger partial charge in [0.15, 0.2) is 0 Å². The lowest BCUT2D eigenvalue weighted by Gasteiger charge is -2.38. The molecule has 0 aromatic heterocycles. The van der Waals surface area contributed by atoms with Crippen molar-refractivity contribution in [2.24, 2.45) is 4.36 Å². The lowest BCUT2D eigenvalue weighted by Crippen LogP contribution is -2.54. The van der Waals surface area contributed by atoms with Gasteiger partial charge in [-0.25, -0.2) is 0 Å². The number of carbonyl (C=O) groups is 1. The average molecular weight is 562 g/mol. The number of amides is 1. The Hall–Kier alpha value is -2.91. The van der Waals surface area contributed by atoms with Gasteiger partial charge in [0, 0.05) is 42.8 Å². The van der Waals surface area contributed by atoms with Gasteiger partial charge in [0.2, 0.25) is 5.91 Å². The minimum absolute atomic E-state index is 0. The van der Waals surface area contributed by atoms with Crippen LogP contribution in [0.15, 0.2) is 77.2 Å². The fourth-order valence-electron chi connectivity index (χ4n) is 4.22. The maximum Gasteiger partial charge on any atom is 0.316 e. The molecule has 4 rings (SSSR count). The quantitative estimate of drug-likeness (QED) is 0.400. The van der Waals surface area contributed by atoms with Crippen LogP contribution in [0.3, 0.4) is 0 Å². The molecule has 0 saturated carbocycles. The smallest absolute Gasteiger partial charge is 0.316 e.